The van der Waals surface area contributed by atoms with E-state index in [1.54, 1.807) is 38.1 Å². The van der Waals surface area contributed by atoms with Gasteiger partial charge >= 0.3 is 0 Å². The summed E-state index contributed by atoms with van der Waals surface area (Å²) in [5.74, 6) is 0.509. The molecule has 0 aromatic heterocycles. The van der Waals surface area contributed by atoms with Crippen molar-refractivity contribution in [1.82, 2.24) is 4.31 Å². The molecule has 0 atom stereocenters. The van der Waals surface area contributed by atoms with E-state index >= 15 is 0 Å². The zero-order valence-electron chi connectivity index (χ0n) is 11.2. The van der Waals surface area contributed by atoms with Crippen LogP contribution in [0.1, 0.15) is 19.4 Å². The fraction of sp³-hybridized carbons (Fsp3) is 0.538. The number of hydrogen-bond donors (Lipinski definition) is 1. The molecule has 0 aliphatic rings. The lowest BCUT2D eigenvalue weighted by Crippen LogP contribution is -2.38. The standard InChI is InChI=1S/C13H20ClNO3S/c1-11(2)15(9-10-16)19(17,18)13-5-3-12(4-6-13)7-8-14/h3-6,11,16H,7-10H2,1-2H3. The Labute approximate surface area is 120 Å². The van der Waals surface area contributed by atoms with Gasteiger partial charge in [-0.1, -0.05) is 12.1 Å². The Kier molecular flexibility index (Phi) is 6.26. The lowest BCUT2D eigenvalue weighted by atomic mass is 10.2. The van der Waals surface area contributed by atoms with Gasteiger partial charge < -0.3 is 5.11 Å². The second kappa shape index (κ2) is 7.24. The number of aliphatic hydroxyl groups excluding tert-OH is 1. The number of aryl methyl sites for hydroxylation is 1. The van der Waals surface area contributed by atoms with E-state index in [1.165, 1.54) is 4.31 Å². The molecule has 0 heterocycles. The zero-order valence-corrected chi connectivity index (χ0v) is 12.8. The third-order valence-corrected chi connectivity index (χ3v) is 5.09. The van der Waals surface area contributed by atoms with Crippen LogP contribution in [-0.2, 0) is 16.4 Å². The number of halogens is 1. The molecule has 0 spiro atoms. The predicted molar refractivity (Wildman–Crippen MR) is 77.0 cm³/mol. The fourth-order valence-corrected chi connectivity index (χ4v) is 3.67. The summed E-state index contributed by atoms with van der Waals surface area (Å²) in [6.45, 7) is 3.48. The van der Waals surface area contributed by atoms with Crippen LogP contribution >= 0.6 is 11.6 Å². The highest BCUT2D eigenvalue weighted by Gasteiger charge is 2.26. The van der Waals surface area contributed by atoms with E-state index in [0.29, 0.717) is 12.3 Å². The molecule has 1 N–H and O–H groups in total. The maximum atomic E-state index is 12.4. The van der Waals surface area contributed by atoms with Crippen LogP contribution in [0.25, 0.3) is 0 Å². The molecule has 0 aliphatic carbocycles. The van der Waals surface area contributed by atoms with Crippen molar-refractivity contribution in [3.63, 3.8) is 0 Å². The topological polar surface area (TPSA) is 57.6 Å². The van der Waals surface area contributed by atoms with Crippen LogP contribution < -0.4 is 0 Å². The Hall–Kier alpha value is -0.620. The van der Waals surface area contributed by atoms with Crippen molar-refractivity contribution >= 4 is 21.6 Å². The van der Waals surface area contributed by atoms with Gasteiger partial charge in [-0.05, 0) is 38.0 Å². The smallest absolute Gasteiger partial charge is 0.243 e. The first-order chi connectivity index (χ1) is 8.93. The molecule has 0 saturated carbocycles. The lowest BCUT2D eigenvalue weighted by Gasteiger charge is -2.25. The van der Waals surface area contributed by atoms with Gasteiger partial charge in [-0.15, -0.1) is 11.6 Å². The highest BCUT2D eigenvalue weighted by molar-refractivity contribution is 7.89. The first-order valence-corrected chi connectivity index (χ1v) is 8.18. The number of sulfonamides is 1. The van der Waals surface area contributed by atoms with Crippen molar-refractivity contribution in [3.05, 3.63) is 29.8 Å². The summed E-state index contributed by atoms with van der Waals surface area (Å²) < 4.78 is 26.1. The summed E-state index contributed by atoms with van der Waals surface area (Å²) in [5.41, 5.74) is 1.01. The molecule has 0 amide bonds. The predicted octanol–water partition coefficient (Wildman–Crippen LogP) is 1.86. The van der Waals surface area contributed by atoms with Crippen LogP contribution in [0.5, 0.6) is 0 Å². The Morgan fingerprint density at radius 2 is 1.84 bits per heavy atom. The van der Waals surface area contributed by atoms with Crippen LogP contribution in [0.3, 0.4) is 0 Å². The van der Waals surface area contributed by atoms with Gasteiger partial charge in [0.1, 0.15) is 0 Å². The zero-order chi connectivity index (χ0) is 14.5. The van der Waals surface area contributed by atoms with Gasteiger partial charge in [0.25, 0.3) is 0 Å². The molecule has 1 rings (SSSR count). The summed E-state index contributed by atoms with van der Waals surface area (Å²) in [6.07, 6.45) is 0.715. The summed E-state index contributed by atoms with van der Waals surface area (Å²) in [4.78, 5) is 0.243. The molecule has 0 bridgehead atoms. The van der Waals surface area contributed by atoms with E-state index in [1.807, 2.05) is 0 Å². The van der Waals surface area contributed by atoms with Crippen LogP contribution in [0.15, 0.2) is 29.2 Å². The van der Waals surface area contributed by atoms with Crippen LogP contribution in [-0.4, -0.2) is 42.9 Å². The highest BCUT2D eigenvalue weighted by Crippen LogP contribution is 2.18. The van der Waals surface area contributed by atoms with Crippen molar-refractivity contribution < 1.29 is 13.5 Å². The second-order valence-corrected chi connectivity index (χ2v) is 6.78. The highest BCUT2D eigenvalue weighted by atomic mass is 35.5. The van der Waals surface area contributed by atoms with Gasteiger partial charge in [-0.25, -0.2) is 8.42 Å². The maximum absolute atomic E-state index is 12.4. The SMILES string of the molecule is CC(C)N(CCO)S(=O)(=O)c1ccc(CCCl)cc1. The average Bonchev–Trinajstić information content (AvgIpc) is 2.36. The normalized spacial score (nSPS) is 12.3. The summed E-state index contributed by atoms with van der Waals surface area (Å²) >= 11 is 5.64. The Morgan fingerprint density at radius 1 is 1.26 bits per heavy atom. The molecule has 0 aliphatic heterocycles. The Balaban J connectivity index is 3.04. The number of aliphatic hydroxyl groups is 1. The molecule has 19 heavy (non-hydrogen) atoms. The summed E-state index contributed by atoms with van der Waals surface area (Å²) in [6, 6.07) is 6.52. The van der Waals surface area contributed by atoms with E-state index in [0.717, 1.165) is 5.56 Å². The number of rotatable bonds is 7. The van der Waals surface area contributed by atoms with Crippen molar-refractivity contribution in [3.8, 4) is 0 Å². The largest absolute Gasteiger partial charge is 0.395 e. The molecule has 6 heteroatoms. The van der Waals surface area contributed by atoms with Gasteiger partial charge in [-0.2, -0.15) is 4.31 Å². The van der Waals surface area contributed by atoms with Crippen molar-refractivity contribution in [1.29, 1.82) is 0 Å². The molecule has 0 saturated heterocycles. The summed E-state index contributed by atoms with van der Waals surface area (Å²) in [7, 11) is -3.55. The summed E-state index contributed by atoms with van der Waals surface area (Å²) in [5, 5.41) is 8.99. The second-order valence-electron chi connectivity index (χ2n) is 4.52. The number of hydrogen-bond acceptors (Lipinski definition) is 3. The third kappa shape index (κ3) is 4.18. The average molecular weight is 306 g/mol. The molecule has 4 nitrogen and oxygen atoms in total. The quantitative estimate of drug-likeness (QED) is 0.782. The Morgan fingerprint density at radius 3 is 2.26 bits per heavy atom. The van der Waals surface area contributed by atoms with E-state index in [9.17, 15) is 8.42 Å². The molecule has 1 aromatic carbocycles. The number of benzene rings is 1. The van der Waals surface area contributed by atoms with Crippen LogP contribution in [0.4, 0.5) is 0 Å². The molecule has 0 fully saturated rings. The lowest BCUT2D eigenvalue weighted by molar-refractivity contribution is 0.236. The van der Waals surface area contributed by atoms with Crippen molar-refractivity contribution in [2.45, 2.75) is 31.2 Å². The van der Waals surface area contributed by atoms with Crippen LogP contribution in [0, 0.1) is 0 Å². The first-order valence-electron chi connectivity index (χ1n) is 6.21. The van der Waals surface area contributed by atoms with Gasteiger partial charge in [0.2, 0.25) is 10.0 Å². The molecular formula is C13H20ClNO3S. The maximum Gasteiger partial charge on any atom is 0.243 e. The number of alkyl halides is 1. The minimum atomic E-state index is -3.55. The van der Waals surface area contributed by atoms with E-state index in [2.05, 4.69) is 0 Å². The molecular weight excluding hydrogens is 286 g/mol. The van der Waals surface area contributed by atoms with Gasteiger partial charge in [0.05, 0.1) is 11.5 Å². The molecule has 108 valence electrons. The first kappa shape index (κ1) is 16.4. The van der Waals surface area contributed by atoms with Crippen molar-refractivity contribution in [2.24, 2.45) is 0 Å². The van der Waals surface area contributed by atoms with E-state index < -0.39 is 10.0 Å². The van der Waals surface area contributed by atoms with E-state index in [-0.39, 0.29) is 24.1 Å². The van der Waals surface area contributed by atoms with Crippen molar-refractivity contribution in [2.75, 3.05) is 19.0 Å². The molecule has 0 unspecified atom stereocenters. The van der Waals surface area contributed by atoms with Gasteiger partial charge in [-0.3, -0.25) is 0 Å². The third-order valence-electron chi connectivity index (χ3n) is 2.81. The Bertz CT molecular complexity index is 485. The minimum Gasteiger partial charge on any atom is -0.395 e. The van der Waals surface area contributed by atoms with E-state index in [4.69, 9.17) is 16.7 Å². The minimum absolute atomic E-state index is 0.101. The fourth-order valence-electron chi connectivity index (χ4n) is 1.83. The monoisotopic (exact) mass is 305 g/mol. The molecule has 1 aromatic rings. The van der Waals surface area contributed by atoms with Gasteiger partial charge in [0, 0.05) is 18.5 Å². The van der Waals surface area contributed by atoms with Crippen LogP contribution in [0.2, 0.25) is 0 Å². The number of nitrogens with zero attached hydrogens (tertiary/aromatic N) is 1. The molecule has 0 radical (unpaired) electrons. The van der Waals surface area contributed by atoms with Gasteiger partial charge in [0.15, 0.2) is 0 Å².